The highest BCUT2D eigenvalue weighted by molar-refractivity contribution is 5.78. The van der Waals surface area contributed by atoms with E-state index in [4.69, 9.17) is 0 Å². The molecule has 0 spiro atoms. The van der Waals surface area contributed by atoms with Crippen molar-refractivity contribution in [3.63, 3.8) is 0 Å². The van der Waals surface area contributed by atoms with Gasteiger partial charge in [-0.2, -0.15) is 0 Å². The van der Waals surface area contributed by atoms with Crippen LogP contribution in [0, 0.1) is 20.8 Å². The van der Waals surface area contributed by atoms with Crippen molar-refractivity contribution in [1.82, 2.24) is 4.98 Å². The minimum absolute atomic E-state index is 1.01. The molecule has 0 fully saturated rings. The Labute approximate surface area is 138 Å². The molecule has 3 aromatic rings. The van der Waals surface area contributed by atoms with Gasteiger partial charge >= 0.3 is 0 Å². The average Bonchev–Trinajstić information content (AvgIpc) is 2.54. The first-order valence-corrected chi connectivity index (χ1v) is 7.64. The van der Waals surface area contributed by atoms with Gasteiger partial charge in [0.15, 0.2) is 0 Å². The zero-order valence-electron chi connectivity index (χ0n) is 14.0. The molecule has 0 atom stereocenters. The van der Waals surface area contributed by atoms with Crippen molar-refractivity contribution in [1.29, 1.82) is 0 Å². The minimum atomic E-state index is 1.01. The first kappa shape index (κ1) is 16.6. The number of aromatic nitrogens is 1. The molecular formula is C21H22N2. The standard InChI is InChI=1S/C11H13N.C10H9N/c1-4-7-12-11-6-5-9(2)8-10(11)3;1-8-4-5-10-9(7-8)3-2-6-11-10/h4-8H,1H2,2-3H3;2-7H,1H3. The third-order valence-electron chi connectivity index (χ3n) is 3.43. The summed E-state index contributed by atoms with van der Waals surface area (Å²) in [6.45, 7) is 9.80. The lowest BCUT2D eigenvalue weighted by Gasteiger charge is -1.99. The fourth-order valence-corrected chi connectivity index (χ4v) is 2.28. The van der Waals surface area contributed by atoms with E-state index >= 15 is 0 Å². The van der Waals surface area contributed by atoms with Crippen molar-refractivity contribution in [2.45, 2.75) is 20.8 Å². The highest BCUT2D eigenvalue weighted by Crippen LogP contribution is 2.18. The fraction of sp³-hybridized carbons (Fsp3) is 0.143. The summed E-state index contributed by atoms with van der Waals surface area (Å²) in [6.07, 6.45) is 5.20. The molecule has 0 aliphatic rings. The molecule has 2 nitrogen and oxygen atoms in total. The Morgan fingerprint density at radius 1 is 0.957 bits per heavy atom. The van der Waals surface area contributed by atoms with Gasteiger partial charge in [0.05, 0.1) is 11.2 Å². The van der Waals surface area contributed by atoms with Crippen LogP contribution in [0.3, 0.4) is 0 Å². The van der Waals surface area contributed by atoms with Gasteiger partial charge in [-0.1, -0.05) is 48.0 Å². The summed E-state index contributed by atoms with van der Waals surface area (Å²) in [5.74, 6) is 0. The van der Waals surface area contributed by atoms with Crippen LogP contribution in [0.4, 0.5) is 5.69 Å². The molecule has 3 rings (SSSR count). The van der Waals surface area contributed by atoms with Crippen LogP contribution < -0.4 is 0 Å². The quantitative estimate of drug-likeness (QED) is 0.554. The summed E-state index contributed by atoms with van der Waals surface area (Å²) in [5, 5.41) is 1.22. The summed E-state index contributed by atoms with van der Waals surface area (Å²) >= 11 is 0. The maximum absolute atomic E-state index is 4.22. The number of aryl methyl sites for hydroxylation is 3. The third-order valence-corrected chi connectivity index (χ3v) is 3.43. The predicted molar refractivity (Wildman–Crippen MR) is 101 cm³/mol. The summed E-state index contributed by atoms with van der Waals surface area (Å²) in [7, 11) is 0. The number of nitrogens with zero attached hydrogens (tertiary/aromatic N) is 2. The lowest BCUT2D eigenvalue weighted by molar-refractivity contribution is 1.35. The summed E-state index contributed by atoms with van der Waals surface area (Å²) in [4.78, 5) is 8.44. The Morgan fingerprint density at radius 3 is 2.43 bits per heavy atom. The second-order valence-electron chi connectivity index (χ2n) is 5.50. The molecular weight excluding hydrogens is 280 g/mol. The molecule has 0 N–H and O–H groups in total. The largest absolute Gasteiger partial charge is 0.257 e. The topological polar surface area (TPSA) is 25.2 Å². The molecule has 1 aromatic heterocycles. The molecule has 0 amide bonds. The van der Waals surface area contributed by atoms with E-state index in [1.54, 1.807) is 12.3 Å². The lowest BCUT2D eigenvalue weighted by atomic mass is 10.1. The number of fused-ring (bicyclic) bond motifs is 1. The maximum atomic E-state index is 4.22. The third kappa shape index (κ3) is 4.89. The number of hydrogen-bond donors (Lipinski definition) is 0. The van der Waals surface area contributed by atoms with Gasteiger partial charge in [-0.3, -0.25) is 9.98 Å². The zero-order valence-corrected chi connectivity index (χ0v) is 14.0. The molecule has 0 saturated carbocycles. The van der Waals surface area contributed by atoms with Crippen LogP contribution in [0.25, 0.3) is 10.9 Å². The second-order valence-corrected chi connectivity index (χ2v) is 5.50. The van der Waals surface area contributed by atoms with E-state index in [1.165, 1.54) is 22.1 Å². The first-order chi connectivity index (χ1) is 11.1. The Balaban J connectivity index is 0.000000167. The highest BCUT2D eigenvalue weighted by atomic mass is 14.7. The fourth-order valence-electron chi connectivity index (χ4n) is 2.28. The smallest absolute Gasteiger partial charge is 0.0702 e. The van der Waals surface area contributed by atoms with Crippen LogP contribution >= 0.6 is 0 Å². The Morgan fingerprint density at radius 2 is 1.70 bits per heavy atom. The van der Waals surface area contributed by atoms with Gasteiger partial charge in [-0.05, 0) is 50.6 Å². The number of rotatable bonds is 2. The van der Waals surface area contributed by atoms with E-state index in [-0.39, 0.29) is 0 Å². The predicted octanol–water partition coefficient (Wildman–Crippen LogP) is 5.73. The van der Waals surface area contributed by atoms with Crippen molar-refractivity contribution < 1.29 is 0 Å². The van der Waals surface area contributed by atoms with Crippen LogP contribution in [0.5, 0.6) is 0 Å². The maximum Gasteiger partial charge on any atom is 0.0702 e. The van der Waals surface area contributed by atoms with Crippen LogP contribution in [0.15, 0.2) is 72.4 Å². The van der Waals surface area contributed by atoms with Crippen molar-refractivity contribution in [2.24, 2.45) is 4.99 Å². The second kappa shape index (κ2) is 8.04. The Kier molecular flexibility index (Phi) is 5.81. The van der Waals surface area contributed by atoms with Crippen LogP contribution in [-0.2, 0) is 0 Å². The van der Waals surface area contributed by atoms with E-state index in [0.717, 1.165) is 11.2 Å². The zero-order chi connectivity index (χ0) is 16.7. The van der Waals surface area contributed by atoms with E-state index < -0.39 is 0 Å². The molecule has 2 aromatic carbocycles. The molecule has 0 bridgehead atoms. The van der Waals surface area contributed by atoms with Crippen molar-refractivity contribution in [2.75, 3.05) is 0 Å². The first-order valence-electron chi connectivity index (χ1n) is 7.64. The monoisotopic (exact) mass is 302 g/mol. The van der Waals surface area contributed by atoms with Gasteiger partial charge in [0.1, 0.15) is 0 Å². The Hall–Kier alpha value is -2.74. The highest BCUT2D eigenvalue weighted by Gasteiger charge is 1.93. The summed E-state index contributed by atoms with van der Waals surface area (Å²) in [5.41, 5.74) is 5.84. The van der Waals surface area contributed by atoms with Gasteiger partial charge in [0.25, 0.3) is 0 Å². The van der Waals surface area contributed by atoms with E-state index in [0.29, 0.717) is 0 Å². The molecule has 0 saturated heterocycles. The number of benzene rings is 2. The van der Waals surface area contributed by atoms with Crippen LogP contribution in [0.2, 0.25) is 0 Å². The van der Waals surface area contributed by atoms with Gasteiger partial charge < -0.3 is 0 Å². The van der Waals surface area contributed by atoms with Gasteiger partial charge in [-0.25, -0.2) is 0 Å². The minimum Gasteiger partial charge on any atom is -0.257 e. The molecule has 1 heterocycles. The average molecular weight is 302 g/mol. The van der Waals surface area contributed by atoms with Crippen LogP contribution in [0.1, 0.15) is 16.7 Å². The number of hydrogen-bond acceptors (Lipinski definition) is 2. The van der Waals surface area contributed by atoms with Gasteiger partial charge in [0.2, 0.25) is 0 Å². The molecule has 116 valence electrons. The van der Waals surface area contributed by atoms with E-state index in [1.807, 2.05) is 24.4 Å². The number of allylic oxidation sites excluding steroid dienone is 1. The normalized spacial score (nSPS) is 10.4. The van der Waals surface area contributed by atoms with E-state index in [9.17, 15) is 0 Å². The van der Waals surface area contributed by atoms with Crippen LogP contribution in [-0.4, -0.2) is 11.2 Å². The molecule has 0 aliphatic heterocycles. The summed E-state index contributed by atoms with van der Waals surface area (Å²) < 4.78 is 0. The molecule has 0 aliphatic carbocycles. The van der Waals surface area contributed by atoms with E-state index in [2.05, 4.69) is 67.7 Å². The Bertz CT molecular complexity index is 832. The number of pyridine rings is 1. The van der Waals surface area contributed by atoms with Crippen molar-refractivity contribution in [3.05, 3.63) is 84.1 Å². The van der Waals surface area contributed by atoms with Crippen molar-refractivity contribution in [3.8, 4) is 0 Å². The van der Waals surface area contributed by atoms with Crippen molar-refractivity contribution >= 4 is 22.8 Å². The van der Waals surface area contributed by atoms with Gasteiger partial charge in [-0.15, -0.1) is 0 Å². The lowest BCUT2D eigenvalue weighted by Crippen LogP contribution is -1.77. The molecule has 0 unspecified atom stereocenters. The van der Waals surface area contributed by atoms with Gasteiger partial charge in [0, 0.05) is 17.8 Å². The molecule has 2 heteroatoms. The number of aliphatic imine (C=N–C) groups is 1. The summed E-state index contributed by atoms with van der Waals surface area (Å²) in [6, 6.07) is 16.5. The molecule has 23 heavy (non-hydrogen) atoms. The SMILES string of the molecule is C=CC=Nc1ccc(C)cc1C.Cc1ccc2ncccc2c1. The molecule has 0 radical (unpaired) electrons.